The van der Waals surface area contributed by atoms with Crippen molar-refractivity contribution in [2.24, 2.45) is 11.8 Å². The van der Waals surface area contributed by atoms with Crippen LogP contribution in [-0.2, 0) is 0 Å². The van der Waals surface area contributed by atoms with Crippen LogP contribution in [0.4, 0.5) is 0 Å². The monoisotopic (exact) mass is 222 g/mol. The second-order valence-electron chi connectivity index (χ2n) is 4.89. The first-order chi connectivity index (χ1) is 7.24. The topological polar surface area (TPSA) is 25.8 Å². The molecule has 0 N–H and O–H groups in total. The Balaban J connectivity index is 1.94. The van der Waals surface area contributed by atoms with E-state index in [9.17, 15) is 0 Å². The van der Waals surface area contributed by atoms with Gasteiger partial charge in [-0.25, -0.2) is 9.97 Å². The number of aryl methyl sites for hydroxylation is 1. The van der Waals surface area contributed by atoms with Crippen molar-refractivity contribution in [3.63, 3.8) is 0 Å². The van der Waals surface area contributed by atoms with Crippen molar-refractivity contribution in [3.05, 3.63) is 22.7 Å². The lowest BCUT2D eigenvalue weighted by atomic mass is 9.97. The summed E-state index contributed by atoms with van der Waals surface area (Å²) < 4.78 is 0. The van der Waals surface area contributed by atoms with Crippen LogP contribution in [0.3, 0.4) is 0 Å². The van der Waals surface area contributed by atoms with E-state index in [0.29, 0.717) is 11.1 Å². The Hall–Kier alpha value is -0.630. The van der Waals surface area contributed by atoms with Crippen LogP contribution in [-0.4, -0.2) is 9.97 Å². The molecule has 0 saturated heterocycles. The third-order valence-electron chi connectivity index (χ3n) is 3.40. The number of aromatic nitrogens is 2. The van der Waals surface area contributed by atoms with E-state index in [4.69, 9.17) is 11.6 Å². The van der Waals surface area contributed by atoms with Crippen molar-refractivity contribution in [1.82, 2.24) is 9.97 Å². The Bertz CT molecular complexity index is 351. The van der Waals surface area contributed by atoms with Gasteiger partial charge >= 0.3 is 0 Å². The molecule has 0 spiro atoms. The van der Waals surface area contributed by atoms with E-state index in [0.717, 1.165) is 23.4 Å². The molecule has 0 aliphatic heterocycles. The van der Waals surface area contributed by atoms with Crippen LogP contribution in [0.25, 0.3) is 0 Å². The molecule has 2 aliphatic carbocycles. The third-order valence-corrected chi connectivity index (χ3v) is 3.59. The van der Waals surface area contributed by atoms with Gasteiger partial charge in [0.2, 0.25) is 0 Å². The minimum absolute atomic E-state index is 0.599. The van der Waals surface area contributed by atoms with Gasteiger partial charge in [-0.05, 0) is 50.5 Å². The fourth-order valence-corrected chi connectivity index (χ4v) is 2.66. The molecule has 0 bridgehead atoms. The Morgan fingerprint density at radius 3 is 2.27 bits per heavy atom. The largest absolute Gasteiger partial charge is 0.238 e. The number of hydrogen-bond donors (Lipinski definition) is 0. The van der Waals surface area contributed by atoms with Crippen molar-refractivity contribution in [2.75, 3.05) is 0 Å². The van der Waals surface area contributed by atoms with Gasteiger partial charge in [0.25, 0.3) is 0 Å². The average Bonchev–Trinajstić information content (AvgIpc) is 2.95. The summed E-state index contributed by atoms with van der Waals surface area (Å²) in [6.07, 6.45) is 5.43. The van der Waals surface area contributed by atoms with Gasteiger partial charge < -0.3 is 0 Å². The van der Waals surface area contributed by atoms with E-state index in [1.54, 1.807) is 0 Å². The van der Waals surface area contributed by atoms with Gasteiger partial charge in [0, 0.05) is 11.6 Å². The smallest absolute Gasteiger partial charge is 0.133 e. The zero-order chi connectivity index (χ0) is 10.4. The van der Waals surface area contributed by atoms with E-state index in [1.165, 1.54) is 25.7 Å². The first-order valence-corrected chi connectivity index (χ1v) is 6.13. The van der Waals surface area contributed by atoms with Crippen molar-refractivity contribution < 1.29 is 0 Å². The minimum Gasteiger partial charge on any atom is -0.238 e. The zero-order valence-corrected chi connectivity index (χ0v) is 9.67. The van der Waals surface area contributed by atoms with Gasteiger partial charge in [-0.1, -0.05) is 11.6 Å². The second kappa shape index (κ2) is 3.44. The summed E-state index contributed by atoms with van der Waals surface area (Å²) in [6, 6.07) is 1.84. The minimum atomic E-state index is 0.599. The molecule has 80 valence electrons. The fraction of sp³-hybridized carbons (Fsp3) is 0.667. The molecule has 2 saturated carbocycles. The van der Waals surface area contributed by atoms with Crippen LogP contribution in [0, 0.1) is 18.8 Å². The molecule has 2 fully saturated rings. The molecule has 2 aliphatic rings. The maximum absolute atomic E-state index is 5.99. The molecule has 3 rings (SSSR count). The quantitative estimate of drug-likeness (QED) is 0.734. The molecule has 0 unspecified atom stereocenters. The predicted octanol–water partition coefficient (Wildman–Crippen LogP) is 3.34. The maximum atomic E-state index is 5.99. The molecule has 1 aromatic rings. The van der Waals surface area contributed by atoms with E-state index >= 15 is 0 Å². The Labute approximate surface area is 95.1 Å². The second-order valence-corrected chi connectivity index (χ2v) is 5.28. The lowest BCUT2D eigenvalue weighted by Crippen LogP contribution is -2.09. The van der Waals surface area contributed by atoms with Crippen LogP contribution < -0.4 is 0 Å². The number of hydrogen-bond acceptors (Lipinski definition) is 2. The summed E-state index contributed by atoms with van der Waals surface area (Å²) in [4.78, 5) is 8.97. The highest BCUT2D eigenvalue weighted by Crippen LogP contribution is 2.53. The van der Waals surface area contributed by atoms with Crippen LogP contribution >= 0.6 is 11.6 Å². The summed E-state index contributed by atoms with van der Waals surface area (Å²) in [7, 11) is 0. The highest BCUT2D eigenvalue weighted by Gasteiger charge is 2.43. The molecule has 0 radical (unpaired) electrons. The van der Waals surface area contributed by atoms with Gasteiger partial charge in [0.1, 0.15) is 11.0 Å². The summed E-state index contributed by atoms with van der Waals surface area (Å²) in [5.41, 5.74) is 0.997. The molecule has 1 aromatic heterocycles. The van der Waals surface area contributed by atoms with E-state index in [2.05, 4.69) is 9.97 Å². The Morgan fingerprint density at radius 2 is 1.80 bits per heavy atom. The normalized spacial score (nSPS) is 21.0. The summed E-state index contributed by atoms with van der Waals surface area (Å²) >= 11 is 5.99. The number of halogens is 1. The van der Waals surface area contributed by atoms with Crippen LogP contribution in [0.1, 0.15) is 43.1 Å². The molecular formula is C12H15ClN2. The third kappa shape index (κ3) is 2.00. The van der Waals surface area contributed by atoms with Crippen LogP contribution in [0.15, 0.2) is 6.07 Å². The standard InChI is InChI=1S/C12H15ClN2/c1-7-6-10(13)15-12(14-7)11(8-2-3-8)9-4-5-9/h6,8-9,11H,2-5H2,1H3. The molecule has 1 heterocycles. The van der Waals surface area contributed by atoms with Crippen molar-refractivity contribution >= 4 is 11.6 Å². The van der Waals surface area contributed by atoms with Gasteiger partial charge in [0.15, 0.2) is 0 Å². The van der Waals surface area contributed by atoms with E-state index in [1.807, 2.05) is 13.0 Å². The fourth-order valence-electron chi connectivity index (χ4n) is 2.42. The lowest BCUT2D eigenvalue weighted by Gasteiger charge is -2.14. The summed E-state index contributed by atoms with van der Waals surface area (Å²) in [5.74, 6) is 3.29. The molecule has 0 amide bonds. The van der Waals surface area contributed by atoms with Crippen LogP contribution in [0.5, 0.6) is 0 Å². The van der Waals surface area contributed by atoms with Crippen LogP contribution in [0.2, 0.25) is 5.15 Å². The highest BCUT2D eigenvalue weighted by atomic mass is 35.5. The van der Waals surface area contributed by atoms with Gasteiger partial charge in [-0.3, -0.25) is 0 Å². The number of rotatable bonds is 3. The Morgan fingerprint density at radius 1 is 1.20 bits per heavy atom. The molecule has 2 nitrogen and oxygen atoms in total. The van der Waals surface area contributed by atoms with E-state index < -0.39 is 0 Å². The van der Waals surface area contributed by atoms with Crippen molar-refractivity contribution in [3.8, 4) is 0 Å². The maximum Gasteiger partial charge on any atom is 0.133 e. The first kappa shape index (κ1) is 9.59. The predicted molar refractivity (Wildman–Crippen MR) is 60.0 cm³/mol. The molecule has 15 heavy (non-hydrogen) atoms. The molecule has 0 atom stereocenters. The van der Waals surface area contributed by atoms with Gasteiger partial charge in [-0.15, -0.1) is 0 Å². The average molecular weight is 223 g/mol. The van der Waals surface area contributed by atoms with Gasteiger partial charge in [0.05, 0.1) is 0 Å². The molecular weight excluding hydrogens is 208 g/mol. The zero-order valence-electron chi connectivity index (χ0n) is 8.91. The van der Waals surface area contributed by atoms with Crippen molar-refractivity contribution in [2.45, 2.75) is 38.5 Å². The molecule has 0 aromatic carbocycles. The lowest BCUT2D eigenvalue weighted by molar-refractivity contribution is 0.507. The first-order valence-electron chi connectivity index (χ1n) is 5.75. The highest BCUT2D eigenvalue weighted by molar-refractivity contribution is 6.29. The van der Waals surface area contributed by atoms with Gasteiger partial charge in [-0.2, -0.15) is 0 Å². The van der Waals surface area contributed by atoms with E-state index in [-0.39, 0.29) is 0 Å². The summed E-state index contributed by atoms with van der Waals surface area (Å²) in [6.45, 7) is 1.99. The number of nitrogens with zero attached hydrogens (tertiary/aromatic N) is 2. The summed E-state index contributed by atoms with van der Waals surface area (Å²) in [5, 5.41) is 0.601. The SMILES string of the molecule is Cc1cc(Cl)nc(C(C2CC2)C2CC2)n1. The van der Waals surface area contributed by atoms with Crippen molar-refractivity contribution in [1.29, 1.82) is 0 Å². The molecule has 3 heteroatoms. The Kier molecular flexibility index (Phi) is 2.20.